The minimum absolute atomic E-state index is 0.196. The van der Waals surface area contributed by atoms with Gasteiger partial charge >= 0.3 is 0 Å². The van der Waals surface area contributed by atoms with E-state index < -0.39 is 0 Å². The highest BCUT2D eigenvalue weighted by Crippen LogP contribution is 2.21. The Kier molecular flexibility index (Phi) is 3.80. The molecule has 104 valence electrons. The largest absolute Gasteiger partial charge is 0.393 e. The Morgan fingerprint density at radius 1 is 1.20 bits per heavy atom. The van der Waals surface area contributed by atoms with Crippen LogP contribution in [0.3, 0.4) is 0 Å². The quantitative estimate of drug-likeness (QED) is 0.918. The van der Waals surface area contributed by atoms with E-state index in [0.29, 0.717) is 10.8 Å². The fourth-order valence-corrected chi connectivity index (χ4v) is 2.46. The summed E-state index contributed by atoms with van der Waals surface area (Å²) in [6.45, 7) is 1.57. The lowest BCUT2D eigenvalue weighted by Crippen LogP contribution is -2.36. The molecule has 0 unspecified atom stereocenters. The zero-order chi connectivity index (χ0) is 13.9. The lowest BCUT2D eigenvalue weighted by molar-refractivity contribution is 0.145. The predicted octanol–water partition coefficient (Wildman–Crippen LogP) is 2.15. The standard InChI is InChI=1S/C14H15ClN4O/c15-11-3-1-2-10(8-11)14-16-9-13(17-18-14)19-6-4-12(20)5-7-19/h1-3,8-9,12,20H,4-7H2. The molecule has 0 radical (unpaired) electrons. The Labute approximate surface area is 122 Å². The molecule has 1 saturated heterocycles. The molecule has 1 fully saturated rings. The number of anilines is 1. The lowest BCUT2D eigenvalue weighted by Gasteiger charge is -2.29. The van der Waals surface area contributed by atoms with E-state index in [4.69, 9.17) is 11.6 Å². The highest BCUT2D eigenvalue weighted by molar-refractivity contribution is 6.30. The maximum Gasteiger partial charge on any atom is 0.181 e. The summed E-state index contributed by atoms with van der Waals surface area (Å²) in [6.07, 6.45) is 3.05. The van der Waals surface area contributed by atoms with E-state index in [1.807, 2.05) is 24.3 Å². The Morgan fingerprint density at radius 2 is 2.00 bits per heavy atom. The Morgan fingerprint density at radius 3 is 2.65 bits per heavy atom. The molecule has 20 heavy (non-hydrogen) atoms. The summed E-state index contributed by atoms with van der Waals surface area (Å²) in [5.74, 6) is 1.32. The molecule has 0 saturated carbocycles. The van der Waals surface area contributed by atoms with Crippen molar-refractivity contribution in [3.05, 3.63) is 35.5 Å². The van der Waals surface area contributed by atoms with Crippen LogP contribution in [0.4, 0.5) is 5.82 Å². The number of halogens is 1. The van der Waals surface area contributed by atoms with Crippen LogP contribution >= 0.6 is 11.6 Å². The summed E-state index contributed by atoms with van der Waals surface area (Å²) in [5.41, 5.74) is 0.852. The first kappa shape index (κ1) is 13.3. The molecule has 0 spiro atoms. The summed E-state index contributed by atoms with van der Waals surface area (Å²) in [6, 6.07) is 7.39. The van der Waals surface area contributed by atoms with Crippen LogP contribution in [-0.4, -0.2) is 39.5 Å². The zero-order valence-corrected chi connectivity index (χ0v) is 11.7. The number of benzene rings is 1. The van der Waals surface area contributed by atoms with E-state index in [9.17, 15) is 5.11 Å². The van der Waals surface area contributed by atoms with Crippen LogP contribution in [0, 0.1) is 0 Å². The molecule has 1 aromatic heterocycles. The van der Waals surface area contributed by atoms with Crippen molar-refractivity contribution in [2.24, 2.45) is 0 Å². The number of nitrogens with zero attached hydrogens (tertiary/aromatic N) is 4. The minimum atomic E-state index is -0.196. The van der Waals surface area contributed by atoms with Crippen molar-refractivity contribution in [1.29, 1.82) is 0 Å². The number of aromatic nitrogens is 3. The maximum atomic E-state index is 9.50. The summed E-state index contributed by atoms with van der Waals surface area (Å²) in [5, 5.41) is 18.5. The average molecular weight is 291 g/mol. The average Bonchev–Trinajstić information content (AvgIpc) is 2.48. The fraction of sp³-hybridized carbons (Fsp3) is 0.357. The summed E-state index contributed by atoms with van der Waals surface area (Å²) in [7, 11) is 0. The molecule has 1 aromatic carbocycles. The van der Waals surface area contributed by atoms with Crippen molar-refractivity contribution in [2.75, 3.05) is 18.0 Å². The van der Waals surface area contributed by atoms with Crippen LogP contribution in [0.25, 0.3) is 11.4 Å². The molecule has 0 bridgehead atoms. The van der Waals surface area contributed by atoms with Crippen molar-refractivity contribution >= 4 is 17.4 Å². The van der Waals surface area contributed by atoms with Gasteiger partial charge in [0.15, 0.2) is 11.6 Å². The minimum Gasteiger partial charge on any atom is -0.393 e. The predicted molar refractivity (Wildman–Crippen MR) is 77.7 cm³/mol. The SMILES string of the molecule is OC1CCN(c2cnc(-c3cccc(Cl)c3)nn2)CC1. The van der Waals surface area contributed by atoms with Gasteiger partial charge in [0.05, 0.1) is 12.3 Å². The van der Waals surface area contributed by atoms with Gasteiger partial charge in [-0.3, -0.25) is 0 Å². The van der Waals surface area contributed by atoms with Gasteiger partial charge in [0.25, 0.3) is 0 Å². The van der Waals surface area contributed by atoms with Gasteiger partial charge in [-0.1, -0.05) is 23.7 Å². The van der Waals surface area contributed by atoms with Crippen LogP contribution in [0.15, 0.2) is 30.5 Å². The van der Waals surface area contributed by atoms with Crippen LogP contribution in [0.2, 0.25) is 5.02 Å². The Hall–Kier alpha value is -1.72. The monoisotopic (exact) mass is 290 g/mol. The second-order valence-electron chi connectivity index (χ2n) is 4.87. The molecular weight excluding hydrogens is 276 g/mol. The van der Waals surface area contributed by atoms with Crippen molar-refractivity contribution in [1.82, 2.24) is 15.2 Å². The molecular formula is C14H15ClN4O. The van der Waals surface area contributed by atoms with Crippen LogP contribution < -0.4 is 4.90 Å². The van der Waals surface area contributed by atoms with E-state index in [-0.39, 0.29) is 6.10 Å². The summed E-state index contributed by atoms with van der Waals surface area (Å²) in [4.78, 5) is 6.44. The Bertz CT molecular complexity index is 582. The van der Waals surface area contributed by atoms with Gasteiger partial charge in [0, 0.05) is 23.7 Å². The fourth-order valence-electron chi connectivity index (χ4n) is 2.27. The number of hydrogen-bond donors (Lipinski definition) is 1. The molecule has 0 amide bonds. The van der Waals surface area contributed by atoms with Crippen LogP contribution in [-0.2, 0) is 0 Å². The first-order valence-electron chi connectivity index (χ1n) is 6.61. The summed E-state index contributed by atoms with van der Waals surface area (Å²) < 4.78 is 0. The summed E-state index contributed by atoms with van der Waals surface area (Å²) >= 11 is 5.95. The highest BCUT2D eigenvalue weighted by Gasteiger charge is 2.18. The molecule has 2 aromatic rings. The van der Waals surface area contributed by atoms with E-state index >= 15 is 0 Å². The molecule has 0 atom stereocenters. The van der Waals surface area contributed by atoms with Crippen molar-refractivity contribution in [3.8, 4) is 11.4 Å². The van der Waals surface area contributed by atoms with Gasteiger partial charge < -0.3 is 10.0 Å². The number of hydrogen-bond acceptors (Lipinski definition) is 5. The van der Waals surface area contributed by atoms with Crippen molar-refractivity contribution < 1.29 is 5.11 Å². The molecule has 5 nitrogen and oxygen atoms in total. The molecule has 1 aliphatic rings. The zero-order valence-electron chi connectivity index (χ0n) is 10.9. The van der Waals surface area contributed by atoms with Gasteiger partial charge in [-0.05, 0) is 25.0 Å². The third-order valence-electron chi connectivity index (χ3n) is 3.42. The van der Waals surface area contributed by atoms with Gasteiger partial charge in [-0.15, -0.1) is 10.2 Å². The first-order valence-corrected chi connectivity index (χ1v) is 6.99. The van der Waals surface area contributed by atoms with E-state index in [1.165, 1.54) is 0 Å². The van der Waals surface area contributed by atoms with Gasteiger partial charge in [0.1, 0.15) is 0 Å². The topological polar surface area (TPSA) is 62.1 Å². The van der Waals surface area contributed by atoms with Gasteiger partial charge in [0.2, 0.25) is 0 Å². The maximum absolute atomic E-state index is 9.50. The smallest absolute Gasteiger partial charge is 0.181 e. The molecule has 1 aliphatic heterocycles. The van der Waals surface area contributed by atoms with Crippen molar-refractivity contribution in [2.45, 2.75) is 18.9 Å². The molecule has 3 rings (SSSR count). The molecule has 6 heteroatoms. The second kappa shape index (κ2) is 5.73. The van der Waals surface area contributed by atoms with E-state index in [2.05, 4.69) is 20.1 Å². The van der Waals surface area contributed by atoms with E-state index in [0.717, 1.165) is 37.3 Å². The number of aliphatic hydroxyl groups excluding tert-OH is 1. The van der Waals surface area contributed by atoms with Gasteiger partial charge in [-0.2, -0.15) is 0 Å². The van der Waals surface area contributed by atoms with Crippen molar-refractivity contribution in [3.63, 3.8) is 0 Å². The number of piperidine rings is 1. The van der Waals surface area contributed by atoms with Crippen LogP contribution in [0.5, 0.6) is 0 Å². The molecule has 0 aliphatic carbocycles. The van der Waals surface area contributed by atoms with E-state index in [1.54, 1.807) is 6.20 Å². The highest BCUT2D eigenvalue weighted by atomic mass is 35.5. The first-order chi connectivity index (χ1) is 9.72. The van der Waals surface area contributed by atoms with Gasteiger partial charge in [-0.25, -0.2) is 4.98 Å². The molecule has 1 N–H and O–H groups in total. The number of aliphatic hydroxyl groups is 1. The third kappa shape index (κ3) is 2.89. The lowest BCUT2D eigenvalue weighted by atomic mass is 10.1. The number of rotatable bonds is 2. The third-order valence-corrected chi connectivity index (χ3v) is 3.66. The Balaban J connectivity index is 1.78. The van der Waals surface area contributed by atoms with Crippen LogP contribution in [0.1, 0.15) is 12.8 Å². The normalized spacial score (nSPS) is 16.4. The second-order valence-corrected chi connectivity index (χ2v) is 5.31. The molecule has 2 heterocycles.